The van der Waals surface area contributed by atoms with Crippen molar-refractivity contribution in [2.24, 2.45) is 0 Å². The molecule has 6 heteroatoms. The van der Waals surface area contributed by atoms with Crippen LogP contribution in [0.4, 0.5) is 0 Å². The van der Waals surface area contributed by atoms with Gasteiger partial charge >= 0.3 is 5.97 Å². The topological polar surface area (TPSA) is 95.9 Å². The van der Waals surface area contributed by atoms with Crippen molar-refractivity contribution in [1.29, 1.82) is 0 Å². The van der Waals surface area contributed by atoms with Gasteiger partial charge in [0.25, 0.3) is 0 Å². The van der Waals surface area contributed by atoms with Crippen molar-refractivity contribution in [2.75, 3.05) is 13.2 Å². The second-order valence-corrected chi connectivity index (χ2v) is 22.1. The second-order valence-electron chi connectivity index (χ2n) is 22.1. The smallest absolute Gasteiger partial charge is 0.305 e. The summed E-state index contributed by atoms with van der Waals surface area (Å²) in [5.74, 6) is -0.0439. The van der Waals surface area contributed by atoms with Crippen LogP contribution in [-0.2, 0) is 14.3 Å². The Hall–Kier alpha value is -1.40. The molecule has 0 rings (SSSR count). The molecule has 0 bridgehead atoms. The van der Waals surface area contributed by atoms with E-state index in [4.69, 9.17) is 4.74 Å². The summed E-state index contributed by atoms with van der Waals surface area (Å²) in [6, 6.07) is -0.623. The van der Waals surface area contributed by atoms with E-state index in [0.717, 1.165) is 38.5 Å². The monoisotopic (exact) mass is 988 g/mol. The Morgan fingerprint density at radius 3 is 0.971 bits per heavy atom. The Morgan fingerprint density at radius 1 is 0.386 bits per heavy atom. The minimum Gasteiger partial charge on any atom is -0.466 e. The van der Waals surface area contributed by atoms with E-state index in [1.54, 1.807) is 6.08 Å². The average Bonchev–Trinajstić information content (AvgIpc) is 3.36. The molecule has 0 aromatic rings. The van der Waals surface area contributed by atoms with Gasteiger partial charge in [-0.05, 0) is 32.1 Å². The highest BCUT2D eigenvalue weighted by Crippen LogP contribution is 2.18. The Balaban J connectivity index is 3.31. The number of allylic oxidation sites excluding steroid dienone is 1. The SMILES string of the molecule is CCCCCCCCCC/C=C/C(O)C(CO)NC(=O)CCCCCCCCCCCCCCCCCCCCCCCCCCCCCOC(=O)CCCCCCCCCCCCCCCCCC. The summed E-state index contributed by atoms with van der Waals surface area (Å²) in [4.78, 5) is 24.5. The van der Waals surface area contributed by atoms with Crippen LogP contribution in [0.5, 0.6) is 0 Å². The molecule has 1 amide bonds. The zero-order chi connectivity index (χ0) is 50.7. The first-order chi connectivity index (χ1) is 34.5. The van der Waals surface area contributed by atoms with Crippen molar-refractivity contribution >= 4 is 11.9 Å². The molecule has 0 aliphatic carbocycles. The molecular weight excluding hydrogens is 863 g/mol. The summed E-state index contributed by atoms with van der Waals surface area (Å²) in [6.07, 6.45) is 72.8. The number of amides is 1. The van der Waals surface area contributed by atoms with Crippen LogP contribution in [0.25, 0.3) is 0 Å². The van der Waals surface area contributed by atoms with Crippen LogP contribution in [0.3, 0.4) is 0 Å². The van der Waals surface area contributed by atoms with Crippen molar-refractivity contribution < 1.29 is 24.5 Å². The van der Waals surface area contributed by atoms with Gasteiger partial charge in [0.15, 0.2) is 0 Å². The summed E-state index contributed by atoms with van der Waals surface area (Å²) < 4.78 is 5.50. The summed E-state index contributed by atoms with van der Waals surface area (Å²) >= 11 is 0. The molecule has 2 unspecified atom stereocenters. The standard InChI is InChI=1S/C64H125NO5/c1-3-5-7-9-11-13-15-16-17-32-35-38-42-46-50-54-58-64(69)70-59-55-51-47-43-39-36-33-30-28-26-24-22-20-18-19-21-23-25-27-29-31-34-37-41-45-49-53-57-63(68)65-61(60-66)62(67)56-52-48-44-40-14-12-10-8-6-4-2/h52,56,61-62,66-67H,3-51,53-55,57-60H2,1-2H3,(H,65,68)/b56-52+. The summed E-state index contributed by atoms with van der Waals surface area (Å²) in [7, 11) is 0. The number of hydrogen-bond acceptors (Lipinski definition) is 5. The first-order valence-electron chi connectivity index (χ1n) is 32.0. The number of nitrogens with one attached hydrogen (secondary N) is 1. The van der Waals surface area contributed by atoms with E-state index < -0.39 is 12.1 Å². The third-order valence-corrected chi connectivity index (χ3v) is 15.1. The fraction of sp³-hybridized carbons (Fsp3) is 0.938. The first-order valence-corrected chi connectivity index (χ1v) is 32.0. The molecule has 3 N–H and O–H groups in total. The molecule has 70 heavy (non-hydrogen) atoms. The molecule has 0 heterocycles. The number of esters is 1. The number of aliphatic hydroxyl groups is 2. The van der Waals surface area contributed by atoms with Crippen molar-refractivity contribution in [1.82, 2.24) is 5.32 Å². The van der Waals surface area contributed by atoms with Gasteiger partial charge in [-0.1, -0.05) is 328 Å². The van der Waals surface area contributed by atoms with E-state index in [2.05, 4.69) is 19.2 Å². The van der Waals surface area contributed by atoms with Gasteiger partial charge in [-0.2, -0.15) is 0 Å². The predicted octanol–water partition coefficient (Wildman–Crippen LogP) is 20.0. The van der Waals surface area contributed by atoms with Gasteiger partial charge in [-0.3, -0.25) is 9.59 Å². The third-order valence-electron chi connectivity index (χ3n) is 15.1. The van der Waals surface area contributed by atoms with Gasteiger partial charge in [0.2, 0.25) is 5.91 Å². The van der Waals surface area contributed by atoms with Gasteiger partial charge in [0, 0.05) is 12.8 Å². The molecule has 0 aromatic heterocycles. The molecule has 2 atom stereocenters. The highest BCUT2D eigenvalue weighted by atomic mass is 16.5. The normalized spacial score (nSPS) is 12.6. The number of unbranched alkanes of at least 4 members (excludes halogenated alkanes) is 49. The molecular formula is C64H125NO5. The van der Waals surface area contributed by atoms with E-state index in [1.165, 1.54) is 295 Å². The Bertz CT molecular complexity index is 1050. The first kappa shape index (κ1) is 68.6. The average molecular weight is 989 g/mol. The van der Waals surface area contributed by atoms with Crippen molar-refractivity contribution in [3.8, 4) is 0 Å². The minimum absolute atomic E-state index is 0.0216. The van der Waals surface area contributed by atoms with Crippen LogP contribution in [0, 0.1) is 0 Å². The van der Waals surface area contributed by atoms with E-state index in [9.17, 15) is 19.8 Å². The fourth-order valence-corrected chi connectivity index (χ4v) is 10.2. The van der Waals surface area contributed by atoms with Crippen LogP contribution in [0.15, 0.2) is 12.2 Å². The molecule has 0 radical (unpaired) electrons. The Labute approximate surface area is 438 Å². The highest BCUT2D eigenvalue weighted by molar-refractivity contribution is 5.76. The summed E-state index contributed by atoms with van der Waals surface area (Å²) in [6.45, 7) is 4.91. The van der Waals surface area contributed by atoms with Crippen LogP contribution >= 0.6 is 0 Å². The van der Waals surface area contributed by atoms with Crippen molar-refractivity contribution in [2.45, 2.75) is 373 Å². The van der Waals surface area contributed by atoms with Gasteiger partial charge in [-0.25, -0.2) is 0 Å². The molecule has 0 spiro atoms. The van der Waals surface area contributed by atoms with Crippen molar-refractivity contribution in [3.63, 3.8) is 0 Å². The van der Waals surface area contributed by atoms with Gasteiger partial charge in [-0.15, -0.1) is 0 Å². The maximum atomic E-state index is 12.4. The molecule has 416 valence electrons. The molecule has 0 fully saturated rings. The van der Waals surface area contributed by atoms with Crippen LogP contribution in [0.1, 0.15) is 361 Å². The number of ether oxygens (including phenoxy) is 1. The lowest BCUT2D eigenvalue weighted by Crippen LogP contribution is -2.45. The Kier molecular flexibility index (Phi) is 59.0. The minimum atomic E-state index is -0.839. The lowest BCUT2D eigenvalue weighted by atomic mass is 10.0. The van der Waals surface area contributed by atoms with E-state index in [1.807, 2.05) is 6.08 Å². The number of hydrogen-bond donors (Lipinski definition) is 3. The van der Waals surface area contributed by atoms with E-state index in [-0.39, 0.29) is 18.5 Å². The van der Waals surface area contributed by atoms with Crippen LogP contribution < -0.4 is 5.32 Å². The summed E-state index contributed by atoms with van der Waals surface area (Å²) in [5, 5.41) is 23.0. The van der Waals surface area contributed by atoms with E-state index >= 15 is 0 Å². The maximum absolute atomic E-state index is 12.4. The molecule has 0 aromatic carbocycles. The summed E-state index contributed by atoms with van der Waals surface area (Å²) in [5.41, 5.74) is 0. The molecule has 6 nitrogen and oxygen atoms in total. The van der Waals surface area contributed by atoms with E-state index in [0.29, 0.717) is 19.4 Å². The molecule has 0 aliphatic heterocycles. The largest absolute Gasteiger partial charge is 0.466 e. The van der Waals surface area contributed by atoms with Crippen molar-refractivity contribution in [3.05, 3.63) is 12.2 Å². The quantitative estimate of drug-likeness (QED) is 0.0321. The number of carbonyl (C=O) groups excluding carboxylic acids is 2. The molecule has 0 saturated carbocycles. The second kappa shape index (κ2) is 60.2. The number of carbonyl (C=O) groups is 2. The van der Waals surface area contributed by atoms with Gasteiger partial charge in [0.1, 0.15) is 0 Å². The number of rotatable bonds is 60. The fourth-order valence-electron chi connectivity index (χ4n) is 10.2. The van der Waals surface area contributed by atoms with Crippen LogP contribution in [0.2, 0.25) is 0 Å². The lowest BCUT2D eigenvalue weighted by Gasteiger charge is -2.20. The number of aliphatic hydroxyl groups excluding tert-OH is 2. The zero-order valence-corrected chi connectivity index (χ0v) is 47.5. The highest BCUT2D eigenvalue weighted by Gasteiger charge is 2.18. The van der Waals surface area contributed by atoms with Gasteiger partial charge in [0.05, 0.1) is 25.4 Å². The Morgan fingerprint density at radius 2 is 0.657 bits per heavy atom. The third kappa shape index (κ3) is 55.9. The van der Waals surface area contributed by atoms with Gasteiger partial charge < -0.3 is 20.3 Å². The zero-order valence-electron chi connectivity index (χ0n) is 47.5. The predicted molar refractivity (Wildman–Crippen MR) is 306 cm³/mol. The van der Waals surface area contributed by atoms with Crippen LogP contribution in [-0.4, -0.2) is 47.4 Å². The maximum Gasteiger partial charge on any atom is 0.305 e. The lowest BCUT2D eigenvalue weighted by molar-refractivity contribution is -0.143. The molecule has 0 aliphatic rings. The molecule has 0 saturated heterocycles.